The van der Waals surface area contributed by atoms with Gasteiger partial charge in [0.05, 0.1) is 27.8 Å². The third-order valence-corrected chi connectivity index (χ3v) is 15.0. The van der Waals surface area contributed by atoms with Crippen molar-refractivity contribution in [2.24, 2.45) is 0 Å². The summed E-state index contributed by atoms with van der Waals surface area (Å²) in [5.74, 6) is 1.14. The summed E-state index contributed by atoms with van der Waals surface area (Å²) in [4.78, 5) is 5.60. The fourth-order valence-corrected chi connectivity index (χ4v) is 11.5. The zero-order valence-electron chi connectivity index (χ0n) is 40.7. The predicted molar refractivity (Wildman–Crippen MR) is 311 cm³/mol. The molecule has 0 bridgehead atoms. The Morgan fingerprint density at radius 3 is 1.28 bits per heavy atom. The number of hydrogen-bond donors (Lipinski definition) is 0. The Morgan fingerprint density at radius 1 is 0.338 bits per heavy atom. The highest BCUT2D eigenvalue weighted by Gasteiger charge is 2.24. The van der Waals surface area contributed by atoms with Crippen LogP contribution in [0.4, 0.5) is 0 Å². The van der Waals surface area contributed by atoms with Crippen LogP contribution in [0.5, 0.6) is 0 Å². The number of nitrogens with zero attached hydrogens (tertiary/aromatic N) is 3. The summed E-state index contributed by atoms with van der Waals surface area (Å²) in [5, 5.41) is 4.77. The Labute approximate surface area is 430 Å². The van der Waals surface area contributed by atoms with E-state index in [0.717, 1.165) is 62.5 Å². The SMILES string of the molecule is C1=CCC(c2cc(-c3ccccc3)nc(-n3c4ccc(-c5ccc6c(c5)c5cc(-c7ccccc7)cc(-c7ccccc7)c5n6-c5ccccc5)cc4c4cc(-c5ccccc5)cc(-c5ccccc5)c43)c2)C=C1. The van der Waals surface area contributed by atoms with E-state index in [2.05, 4.69) is 288 Å². The minimum absolute atomic E-state index is 0.234. The van der Waals surface area contributed by atoms with Crippen molar-refractivity contribution in [3.05, 3.63) is 285 Å². The maximum absolute atomic E-state index is 5.60. The zero-order chi connectivity index (χ0) is 49.0. The van der Waals surface area contributed by atoms with Crippen LogP contribution in [0.3, 0.4) is 0 Å². The number of benzene rings is 10. The van der Waals surface area contributed by atoms with Crippen LogP contribution in [-0.2, 0) is 0 Å². The second-order valence-electron chi connectivity index (χ2n) is 19.4. The highest BCUT2D eigenvalue weighted by molar-refractivity contribution is 6.18. The molecule has 3 nitrogen and oxygen atoms in total. The van der Waals surface area contributed by atoms with Crippen LogP contribution < -0.4 is 0 Å². The molecule has 0 amide bonds. The largest absolute Gasteiger partial charge is 0.309 e. The molecule has 1 aliphatic rings. The molecule has 0 aliphatic heterocycles. The third-order valence-electron chi connectivity index (χ3n) is 15.0. The fraction of sp³-hybridized carbons (Fsp3) is 0.0282. The van der Waals surface area contributed by atoms with E-state index in [-0.39, 0.29) is 5.92 Å². The predicted octanol–water partition coefficient (Wildman–Crippen LogP) is 18.9. The molecule has 10 aromatic carbocycles. The molecule has 3 heterocycles. The topological polar surface area (TPSA) is 22.8 Å². The van der Waals surface area contributed by atoms with Crippen molar-refractivity contribution in [1.29, 1.82) is 0 Å². The fourth-order valence-electron chi connectivity index (χ4n) is 11.5. The van der Waals surface area contributed by atoms with Crippen LogP contribution in [0.2, 0.25) is 0 Å². The highest BCUT2D eigenvalue weighted by Crippen LogP contribution is 2.46. The maximum atomic E-state index is 5.60. The number of para-hydroxylation sites is 1. The lowest BCUT2D eigenvalue weighted by molar-refractivity contribution is 0.848. The second-order valence-corrected chi connectivity index (χ2v) is 19.4. The van der Waals surface area contributed by atoms with E-state index in [4.69, 9.17) is 4.98 Å². The maximum Gasteiger partial charge on any atom is 0.138 e. The van der Waals surface area contributed by atoms with Crippen molar-refractivity contribution in [1.82, 2.24) is 14.1 Å². The molecule has 14 rings (SSSR count). The molecule has 0 fully saturated rings. The van der Waals surface area contributed by atoms with Crippen molar-refractivity contribution in [3.63, 3.8) is 0 Å². The zero-order valence-corrected chi connectivity index (χ0v) is 40.7. The average Bonchev–Trinajstić information content (AvgIpc) is 4.05. The first kappa shape index (κ1) is 43.2. The molecular weight excluding hydrogens is 895 g/mol. The molecule has 348 valence electrons. The van der Waals surface area contributed by atoms with E-state index in [0.29, 0.717) is 0 Å². The Hall–Kier alpha value is -9.57. The molecule has 0 saturated carbocycles. The van der Waals surface area contributed by atoms with Gasteiger partial charge in [-0.2, -0.15) is 0 Å². The van der Waals surface area contributed by atoms with Gasteiger partial charge in [0.1, 0.15) is 5.82 Å². The average molecular weight is 944 g/mol. The number of rotatable bonds is 9. The summed E-state index contributed by atoms with van der Waals surface area (Å²) in [6, 6.07) is 93.1. The molecular formula is C71H49N3. The summed E-state index contributed by atoms with van der Waals surface area (Å²) in [7, 11) is 0. The lowest BCUT2D eigenvalue weighted by Gasteiger charge is -2.18. The number of fused-ring (bicyclic) bond motifs is 6. The summed E-state index contributed by atoms with van der Waals surface area (Å²) in [6.07, 6.45) is 9.87. The van der Waals surface area contributed by atoms with Gasteiger partial charge in [-0.25, -0.2) is 4.98 Å². The first-order valence-electron chi connectivity index (χ1n) is 25.6. The second kappa shape index (κ2) is 18.2. The van der Waals surface area contributed by atoms with Gasteiger partial charge in [0, 0.05) is 49.8 Å². The molecule has 74 heavy (non-hydrogen) atoms. The minimum Gasteiger partial charge on any atom is -0.309 e. The van der Waals surface area contributed by atoms with Crippen LogP contribution in [0, 0.1) is 0 Å². The lowest BCUT2D eigenvalue weighted by atomic mass is 9.92. The lowest BCUT2D eigenvalue weighted by Crippen LogP contribution is -2.04. The van der Waals surface area contributed by atoms with Crippen molar-refractivity contribution >= 4 is 43.6 Å². The van der Waals surface area contributed by atoms with Crippen molar-refractivity contribution in [2.75, 3.05) is 0 Å². The Morgan fingerprint density at radius 2 is 0.784 bits per heavy atom. The van der Waals surface area contributed by atoms with Crippen LogP contribution >= 0.6 is 0 Å². The van der Waals surface area contributed by atoms with Crippen LogP contribution in [-0.4, -0.2) is 14.1 Å². The van der Waals surface area contributed by atoms with Crippen LogP contribution in [0.15, 0.2) is 279 Å². The Bertz CT molecular complexity index is 4280. The number of aromatic nitrogens is 3. The van der Waals surface area contributed by atoms with Gasteiger partial charge in [0.15, 0.2) is 0 Å². The molecule has 3 heteroatoms. The van der Waals surface area contributed by atoms with E-state index >= 15 is 0 Å². The van der Waals surface area contributed by atoms with Gasteiger partial charge in [-0.15, -0.1) is 0 Å². The third kappa shape index (κ3) is 7.57. The molecule has 1 unspecified atom stereocenters. The van der Waals surface area contributed by atoms with Crippen LogP contribution in [0.25, 0.3) is 122 Å². The van der Waals surface area contributed by atoms with E-state index in [1.165, 1.54) is 71.5 Å². The summed E-state index contributed by atoms with van der Waals surface area (Å²) in [6.45, 7) is 0. The van der Waals surface area contributed by atoms with Gasteiger partial charge in [0.25, 0.3) is 0 Å². The monoisotopic (exact) mass is 943 g/mol. The number of hydrogen-bond acceptors (Lipinski definition) is 1. The Balaban J connectivity index is 1.05. The molecule has 1 aliphatic carbocycles. The molecule has 0 radical (unpaired) electrons. The van der Waals surface area contributed by atoms with Crippen molar-refractivity contribution in [3.8, 4) is 78.4 Å². The summed E-state index contributed by atoms with van der Waals surface area (Å²) < 4.78 is 4.90. The highest BCUT2D eigenvalue weighted by atomic mass is 15.1. The number of pyridine rings is 1. The standard InChI is InChI=1S/C71H49N3/c1-8-22-48(23-9-1)56-42-60(51-28-14-4-15-29-51)70-64(44-56)62-40-54(36-38-67(62)73(70)59-34-20-7-21-35-59)55-37-39-68-63(41-55)65-45-57(49-24-10-2-11-25-49)43-61(52-30-16-5-17-31-52)71(65)74(68)69-47-58(50-26-12-3-13-27-50)46-66(72-69)53-32-18-6-19-33-53/h1-26,28-47,50H,27H2. The first-order valence-corrected chi connectivity index (χ1v) is 25.6. The van der Waals surface area contributed by atoms with Gasteiger partial charge >= 0.3 is 0 Å². The van der Waals surface area contributed by atoms with Gasteiger partial charge < -0.3 is 4.57 Å². The molecule has 0 N–H and O–H groups in total. The smallest absolute Gasteiger partial charge is 0.138 e. The van der Waals surface area contributed by atoms with E-state index < -0.39 is 0 Å². The van der Waals surface area contributed by atoms with E-state index in [1.54, 1.807) is 0 Å². The van der Waals surface area contributed by atoms with Gasteiger partial charge in [0.2, 0.25) is 0 Å². The first-order chi connectivity index (χ1) is 36.7. The van der Waals surface area contributed by atoms with Gasteiger partial charge in [-0.1, -0.05) is 206 Å². The summed E-state index contributed by atoms with van der Waals surface area (Å²) in [5.41, 5.74) is 20.8. The van der Waals surface area contributed by atoms with Crippen molar-refractivity contribution in [2.45, 2.75) is 12.3 Å². The molecule has 0 spiro atoms. The van der Waals surface area contributed by atoms with E-state index in [9.17, 15) is 0 Å². The normalized spacial score (nSPS) is 13.4. The molecule has 0 saturated heterocycles. The van der Waals surface area contributed by atoms with Crippen molar-refractivity contribution < 1.29 is 0 Å². The Kier molecular flexibility index (Phi) is 10.7. The minimum atomic E-state index is 0.234. The quantitative estimate of drug-likeness (QED) is 0.141. The number of allylic oxidation sites excluding steroid dienone is 4. The van der Waals surface area contributed by atoms with Gasteiger partial charge in [-0.05, 0) is 129 Å². The van der Waals surface area contributed by atoms with Crippen LogP contribution in [0.1, 0.15) is 17.9 Å². The molecule has 1 atom stereocenters. The van der Waals surface area contributed by atoms with E-state index in [1.807, 2.05) is 0 Å². The molecule has 13 aromatic rings. The van der Waals surface area contributed by atoms with Gasteiger partial charge in [-0.3, -0.25) is 4.57 Å². The summed E-state index contributed by atoms with van der Waals surface area (Å²) >= 11 is 0. The molecule has 3 aromatic heterocycles.